The number of hydrogen-bond donors (Lipinski definition) is 1. The van der Waals surface area contributed by atoms with Crippen LogP contribution in [0.5, 0.6) is 5.75 Å². The monoisotopic (exact) mass is 404 g/mol. The Labute approximate surface area is 167 Å². The summed E-state index contributed by atoms with van der Waals surface area (Å²) in [5.41, 5.74) is 0.964. The predicted octanol–water partition coefficient (Wildman–Crippen LogP) is 4.44. The number of nitrogens with zero attached hydrogens (tertiary/aromatic N) is 1. The van der Waals surface area contributed by atoms with Gasteiger partial charge in [0.05, 0.1) is 23.4 Å². The van der Waals surface area contributed by atoms with Crippen LogP contribution in [0.25, 0.3) is 10.2 Å². The van der Waals surface area contributed by atoms with Crippen molar-refractivity contribution >= 4 is 39.1 Å². The van der Waals surface area contributed by atoms with Crippen LogP contribution < -0.4 is 10.1 Å². The Morgan fingerprint density at radius 3 is 2.74 bits per heavy atom. The molecule has 7 heteroatoms. The maximum atomic E-state index is 11.8. The van der Waals surface area contributed by atoms with Crippen LogP contribution in [-0.4, -0.2) is 30.6 Å². The van der Waals surface area contributed by atoms with Crippen molar-refractivity contribution in [1.82, 2.24) is 10.3 Å². The molecular formula is C20H21ClN2O3S. The lowest BCUT2D eigenvalue weighted by Gasteiger charge is -2.07. The minimum absolute atomic E-state index is 0.0389. The van der Waals surface area contributed by atoms with E-state index >= 15 is 0 Å². The second kappa shape index (κ2) is 10.3. The number of carbonyl (C=O) groups excluding carboxylic acids is 1. The van der Waals surface area contributed by atoms with E-state index in [4.69, 9.17) is 21.1 Å². The van der Waals surface area contributed by atoms with E-state index in [-0.39, 0.29) is 12.5 Å². The molecule has 2 aromatic carbocycles. The highest BCUT2D eigenvalue weighted by molar-refractivity contribution is 7.18. The number of thiazole rings is 1. The van der Waals surface area contributed by atoms with Gasteiger partial charge in [0.2, 0.25) is 5.91 Å². The first kappa shape index (κ1) is 19.6. The van der Waals surface area contributed by atoms with Crippen molar-refractivity contribution in [2.24, 2.45) is 0 Å². The van der Waals surface area contributed by atoms with Gasteiger partial charge < -0.3 is 14.8 Å². The minimum atomic E-state index is -0.116. The summed E-state index contributed by atoms with van der Waals surface area (Å²) in [5, 5.41) is 4.42. The van der Waals surface area contributed by atoms with Gasteiger partial charge in [-0.05, 0) is 49.2 Å². The van der Waals surface area contributed by atoms with Crippen molar-refractivity contribution in [2.45, 2.75) is 19.4 Å². The molecule has 1 heterocycles. The number of amides is 1. The molecule has 5 nitrogen and oxygen atoms in total. The van der Waals surface area contributed by atoms with Crippen LogP contribution in [0.1, 0.15) is 17.8 Å². The summed E-state index contributed by atoms with van der Waals surface area (Å²) < 4.78 is 12.2. The Kier molecular flexibility index (Phi) is 7.45. The second-order valence-electron chi connectivity index (χ2n) is 5.93. The average molecular weight is 405 g/mol. The van der Waals surface area contributed by atoms with E-state index in [0.29, 0.717) is 24.8 Å². The Balaban J connectivity index is 1.24. The van der Waals surface area contributed by atoms with Crippen LogP contribution in [-0.2, 0) is 16.1 Å². The molecule has 0 spiro atoms. The molecule has 3 rings (SSSR count). The summed E-state index contributed by atoms with van der Waals surface area (Å²) >= 11 is 7.41. The smallest absolute Gasteiger partial charge is 0.246 e. The highest BCUT2D eigenvalue weighted by atomic mass is 35.5. The van der Waals surface area contributed by atoms with Gasteiger partial charge in [-0.25, -0.2) is 4.98 Å². The van der Waals surface area contributed by atoms with Gasteiger partial charge in [0.25, 0.3) is 0 Å². The van der Waals surface area contributed by atoms with Gasteiger partial charge in [0, 0.05) is 11.6 Å². The molecule has 0 bridgehead atoms. The van der Waals surface area contributed by atoms with Gasteiger partial charge in [-0.1, -0.05) is 23.7 Å². The van der Waals surface area contributed by atoms with Gasteiger partial charge >= 0.3 is 0 Å². The maximum absolute atomic E-state index is 11.8. The molecule has 0 atom stereocenters. The Morgan fingerprint density at radius 1 is 1.11 bits per heavy atom. The summed E-state index contributed by atoms with van der Waals surface area (Å²) in [4.78, 5) is 16.3. The molecule has 0 aliphatic carbocycles. The fourth-order valence-electron chi connectivity index (χ4n) is 2.44. The number of nitrogens with one attached hydrogen (secondary N) is 1. The molecule has 0 aliphatic rings. The molecule has 0 saturated carbocycles. The number of para-hydroxylation sites is 1. The Bertz CT molecular complexity index is 834. The van der Waals surface area contributed by atoms with Crippen molar-refractivity contribution in [3.63, 3.8) is 0 Å². The van der Waals surface area contributed by atoms with Gasteiger partial charge in [-0.15, -0.1) is 11.3 Å². The zero-order chi connectivity index (χ0) is 18.9. The van der Waals surface area contributed by atoms with Crippen LogP contribution in [0.2, 0.25) is 5.02 Å². The van der Waals surface area contributed by atoms with Gasteiger partial charge in [0.15, 0.2) is 0 Å². The lowest BCUT2D eigenvalue weighted by atomic mass is 10.3. The molecule has 27 heavy (non-hydrogen) atoms. The lowest BCUT2D eigenvalue weighted by molar-refractivity contribution is -0.126. The molecule has 0 aliphatic heterocycles. The molecule has 0 unspecified atom stereocenters. The number of aromatic nitrogens is 1. The van der Waals surface area contributed by atoms with E-state index in [1.54, 1.807) is 23.5 Å². The lowest BCUT2D eigenvalue weighted by Crippen LogP contribution is -2.28. The van der Waals surface area contributed by atoms with Gasteiger partial charge in [-0.2, -0.15) is 0 Å². The molecular weight excluding hydrogens is 384 g/mol. The summed E-state index contributed by atoms with van der Waals surface area (Å²) in [6, 6.07) is 15.2. The third kappa shape index (κ3) is 6.50. The van der Waals surface area contributed by atoms with Crippen molar-refractivity contribution in [1.29, 1.82) is 0 Å². The molecule has 1 amide bonds. The number of hydrogen-bond acceptors (Lipinski definition) is 5. The van der Waals surface area contributed by atoms with Crippen LogP contribution in [0.15, 0.2) is 48.5 Å². The van der Waals surface area contributed by atoms with Crippen molar-refractivity contribution < 1.29 is 14.3 Å². The predicted molar refractivity (Wildman–Crippen MR) is 108 cm³/mol. The molecule has 0 fully saturated rings. The van der Waals surface area contributed by atoms with Gasteiger partial charge in [0.1, 0.15) is 17.4 Å². The fourth-order valence-corrected chi connectivity index (χ4v) is 3.47. The minimum Gasteiger partial charge on any atom is -0.494 e. The van der Waals surface area contributed by atoms with E-state index < -0.39 is 0 Å². The highest BCUT2D eigenvalue weighted by Gasteiger charge is 2.05. The van der Waals surface area contributed by atoms with E-state index in [9.17, 15) is 4.79 Å². The first-order valence-corrected chi connectivity index (χ1v) is 9.97. The Hall–Kier alpha value is -2.15. The number of carbonyl (C=O) groups is 1. The summed E-state index contributed by atoms with van der Waals surface area (Å²) in [7, 11) is 0. The van der Waals surface area contributed by atoms with E-state index in [1.165, 1.54) is 0 Å². The first-order valence-electron chi connectivity index (χ1n) is 8.78. The third-order valence-corrected chi connectivity index (χ3v) is 5.03. The summed E-state index contributed by atoms with van der Waals surface area (Å²) in [6.07, 6.45) is 1.70. The van der Waals surface area contributed by atoms with E-state index in [2.05, 4.69) is 10.3 Å². The SMILES string of the molecule is O=C(COCc1nc2ccccc2s1)NCCCCOc1ccc(Cl)cc1. The largest absolute Gasteiger partial charge is 0.494 e. The number of halogens is 1. The van der Waals surface area contributed by atoms with E-state index in [1.807, 2.05) is 36.4 Å². The number of benzene rings is 2. The summed E-state index contributed by atoms with van der Waals surface area (Å²) in [5.74, 6) is 0.682. The first-order chi connectivity index (χ1) is 13.2. The molecule has 142 valence electrons. The third-order valence-electron chi connectivity index (χ3n) is 3.77. The van der Waals surface area contributed by atoms with Crippen molar-refractivity contribution in [3.8, 4) is 5.75 Å². The number of ether oxygens (including phenoxy) is 2. The number of unbranched alkanes of at least 4 members (excludes halogenated alkanes) is 1. The van der Waals surface area contributed by atoms with Crippen molar-refractivity contribution in [3.05, 3.63) is 58.6 Å². The highest BCUT2D eigenvalue weighted by Crippen LogP contribution is 2.21. The van der Waals surface area contributed by atoms with E-state index in [0.717, 1.165) is 33.8 Å². The van der Waals surface area contributed by atoms with Crippen LogP contribution in [0.4, 0.5) is 0 Å². The zero-order valence-electron chi connectivity index (χ0n) is 14.8. The quantitative estimate of drug-likeness (QED) is 0.507. The van der Waals surface area contributed by atoms with Crippen LogP contribution >= 0.6 is 22.9 Å². The standard InChI is InChI=1S/C20H21ClN2O3S/c21-15-7-9-16(10-8-15)26-12-4-3-11-22-19(24)13-25-14-20-23-17-5-1-2-6-18(17)27-20/h1-2,5-10H,3-4,11-14H2,(H,22,24). The Morgan fingerprint density at radius 2 is 1.93 bits per heavy atom. The maximum Gasteiger partial charge on any atom is 0.246 e. The molecule has 3 aromatic rings. The topological polar surface area (TPSA) is 60.5 Å². The van der Waals surface area contributed by atoms with Crippen LogP contribution in [0.3, 0.4) is 0 Å². The molecule has 0 saturated heterocycles. The fraction of sp³-hybridized carbons (Fsp3) is 0.300. The normalized spacial score (nSPS) is 10.9. The van der Waals surface area contributed by atoms with Crippen LogP contribution in [0, 0.1) is 0 Å². The molecule has 1 aromatic heterocycles. The van der Waals surface area contributed by atoms with Crippen molar-refractivity contribution in [2.75, 3.05) is 19.8 Å². The van der Waals surface area contributed by atoms with Gasteiger partial charge in [-0.3, -0.25) is 4.79 Å². The number of fused-ring (bicyclic) bond motifs is 1. The second-order valence-corrected chi connectivity index (χ2v) is 7.48. The zero-order valence-corrected chi connectivity index (χ0v) is 16.4. The summed E-state index contributed by atoms with van der Waals surface area (Å²) in [6.45, 7) is 1.60. The molecule has 0 radical (unpaired) electrons. The molecule has 1 N–H and O–H groups in total. The average Bonchev–Trinajstić information content (AvgIpc) is 3.09. The number of rotatable bonds is 10.